The third kappa shape index (κ3) is 7.95. The minimum absolute atomic E-state index is 0.192. The number of hydrogen-bond acceptors (Lipinski definition) is 5. The zero-order valence-electron chi connectivity index (χ0n) is 22.4. The van der Waals surface area contributed by atoms with Gasteiger partial charge >= 0.3 is 0 Å². The van der Waals surface area contributed by atoms with Gasteiger partial charge < -0.3 is 5.32 Å². The van der Waals surface area contributed by atoms with Crippen LogP contribution < -0.4 is 5.32 Å². The summed E-state index contributed by atoms with van der Waals surface area (Å²) < 4.78 is 0. The van der Waals surface area contributed by atoms with E-state index in [-0.39, 0.29) is 5.41 Å². The van der Waals surface area contributed by atoms with E-state index < -0.39 is 0 Å². The Morgan fingerprint density at radius 3 is 2.50 bits per heavy atom. The van der Waals surface area contributed by atoms with Crippen LogP contribution in [-0.2, 0) is 18.5 Å². The summed E-state index contributed by atoms with van der Waals surface area (Å²) >= 11 is 6.17. The number of halogens is 1. The van der Waals surface area contributed by atoms with Crippen molar-refractivity contribution in [3.8, 4) is 0 Å². The van der Waals surface area contributed by atoms with Crippen LogP contribution in [0.3, 0.4) is 0 Å². The Hall–Kier alpha value is -2.60. The Labute approximate surface area is 222 Å². The van der Waals surface area contributed by atoms with Crippen LogP contribution in [0.1, 0.15) is 60.3 Å². The number of aliphatic imine (C=N–C) groups is 1. The average Bonchev–Trinajstić information content (AvgIpc) is 2.85. The van der Waals surface area contributed by atoms with E-state index in [1.807, 2.05) is 36.8 Å². The van der Waals surface area contributed by atoms with Crippen molar-refractivity contribution in [2.45, 2.75) is 59.0 Å². The minimum Gasteiger partial charge on any atom is -0.312 e. The number of nitrogens with zero attached hydrogens (tertiary/aromatic N) is 4. The maximum absolute atomic E-state index is 6.17. The van der Waals surface area contributed by atoms with Crippen molar-refractivity contribution in [1.29, 1.82) is 0 Å². The van der Waals surface area contributed by atoms with Gasteiger partial charge in [0.05, 0.1) is 11.4 Å². The monoisotopic (exact) mass is 505 g/mol. The third-order valence-corrected chi connectivity index (χ3v) is 6.95. The second-order valence-corrected chi connectivity index (χ2v) is 10.4. The summed E-state index contributed by atoms with van der Waals surface area (Å²) in [6.07, 6.45) is 7.99. The highest BCUT2D eigenvalue weighted by molar-refractivity contribution is 6.30. The van der Waals surface area contributed by atoms with Crippen molar-refractivity contribution in [3.05, 3.63) is 93.5 Å². The van der Waals surface area contributed by atoms with Crippen LogP contribution in [0.5, 0.6) is 0 Å². The molecule has 5 nitrogen and oxygen atoms in total. The van der Waals surface area contributed by atoms with Crippen molar-refractivity contribution in [2.24, 2.45) is 4.99 Å². The number of pyridine rings is 2. The predicted molar refractivity (Wildman–Crippen MR) is 152 cm³/mol. The fourth-order valence-electron chi connectivity index (χ4n) is 4.55. The van der Waals surface area contributed by atoms with Crippen molar-refractivity contribution in [2.75, 3.05) is 26.7 Å². The molecule has 2 aromatic heterocycles. The van der Waals surface area contributed by atoms with E-state index in [0.717, 1.165) is 62.0 Å². The highest BCUT2D eigenvalue weighted by Crippen LogP contribution is 2.34. The van der Waals surface area contributed by atoms with Crippen LogP contribution in [0.2, 0.25) is 5.02 Å². The van der Waals surface area contributed by atoms with Gasteiger partial charge in [-0.25, -0.2) is 0 Å². The van der Waals surface area contributed by atoms with Gasteiger partial charge in [0.15, 0.2) is 0 Å². The molecule has 0 radical (unpaired) electrons. The van der Waals surface area contributed by atoms with Gasteiger partial charge in [-0.3, -0.25) is 19.9 Å². The molecule has 2 heterocycles. The molecule has 1 aromatic carbocycles. The molecule has 3 rings (SSSR count). The Morgan fingerprint density at radius 2 is 1.78 bits per heavy atom. The lowest BCUT2D eigenvalue weighted by Crippen LogP contribution is -2.29. The fraction of sp³-hybridized carbons (Fsp3) is 0.433. The van der Waals surface area contributed by atoms with Crippen LogP contribution in [0.15, 0.2) is 59.9 Å². The Bertz CT molecular complexity index is 1120. The molecular weight excluding hydrogens is 466 g/mol. The Morgan fingerprint density at radius 1 is 1.03 bits per heavy atom. The quantitative estimate of drug-likeness (QED) is 0.224. The number of benzene rings is 1. The van der Waals surface area contributed by atoms with Crippen LogP contribution in [0, 0.1) is 13.8 Å². The molecule has 0 amide bonds. The van der Waals surface area contributed by atoms with Gasteiger partial charge in [-0.05, 0) is 80.2 Å². The number of aromatic nitrogens is 2. The first-order valence-electron chi connectivity index (χ1n) is 12.8. The normalized spacial score (nSPS) is 12.1. The first-order valence-corrected chi connectivity index (χ1v) is 13.1. The first kappa shape index (κ1) is 28.0. The number of aryl methyl sites for hydroxylation is 2. The van der Waals surface area contributed by atoms with Gasteiger partial charge in [0.2, 0.25) is 0 Å². The smallest absolute Gasteiger partial charge is 0.0584 e. The van der Waals surface area contributed by atoms with Crippen molar-refractivity contribution < 1.29 is 0 Å². The van der Waals surface area contributed by atoms with Gasteiger partial charge in [0.25, 0.3) is 0 Å². The van der Waals surface area contributed by atoms with Gasteiger partial charge in [-0.15, -0.1) is 0 Å². The lowest BCUT2D eigenvalue weighted by atomic mass is 9.77. The summed E-state index contributed by atoms with van der Waals surface area (Å²) in [5.41, 5.74) is 6.95. The molecule has 0 saturated carbocycles. The number of rotatable bonds is 13. The predicted octanol–water partition coefficient (Wildman–Crippen LogP) is 6.15. The SMILES string of the molecule is CN=CCNCCCCN(Cc1ncc(C)cc1C)Cc1ncccc1C(C)(C)c1ccc(Cl)cc1. The van der Waals surface area contributed by atoms with Gasteiger partial charge in [0, 0.05) is 55.7 Å². The molecule has 0 unspecified atom stereocenters. The van der Waals surface area contributed by atoms with E-state index in [4.69, 9.17) is 21.6 Å². The molecule has 3 aromatic rings. The van der Waals surface area contributed by atoms with E-state index in [1.165, 1.54) is 22.3 Å². The lowest BCUT2D eigenvalue weighted by Gasteiger charge is -2.30. The van der Waals surface area contributed by atoms with E-state index in [2.05, 4.69) is 67.2 Å². The van der Waals surface area contributed by atoms with Gasteiger partial charge in [0.1, 0.15) is 0 Å². The molecule has 0 aliphatic heterocycles. The van der Waals surface area contributed by atoms with Crippen molar-refractivity contribution >= 4 is 17.8 Å². The molecule has 36 heavy (non-hydrogen) atoms. The summed E-state index contributed by atoms with van der Waals surface area (Å²) in [5.74, 6) is 0. The Balaban J connectivity index is 1.80. The van der Waals surface area contributed by atoms with Crippen molar-refractivity contribution in [1.82, 2.24) is 20.2 Å². The molecule has 192 valence electrons. The van der Waals surface area contributed by atoms with E-state index in [0.29, 0.717) is 0 Å². The lowest BCUT2D eigenvalue weighted by molar-refractivity contribution is 0.243. The van der Waals surface area contributed by atoms with Gasteiger partial charge in [-0.2, -0.15) is 0 Å². The average molecular weight is 506 g/mol. The van der Waals surface area contributed by atoms with Crippen molar-refractivity contribution in [3.63, 3.8) is 0 Å². The maximum atomic E-state index is 6.17. The highest BCUT2D eigenvalue weighted by Gasteiger charge is 2.27. The van der Waals surface area contributed by atoms with Gasteiger partial charge in [-0.1, -0.05) is 49.7 Å². The summed E-state index contributed by atoms with van der Waals surface area (Å²) in [6, 6.07) is 14.6. The molecule has 1 N–H and O–H groups in total. The highest BCUT2D eigenvalue weighted by atomic mass is 35.5. The second kappa shape index (κ2) is 13.6. The molecule has 0 spiro atoms. The van der Waals surface area contributed by atoms with E-state index >= 15 is 0 Å². The molecule has 0 bridgehead atoms. The molecule has 0 aliphatic rings. The molecule has 0 saturated heterocycles. The van der Waals surface area contributed by atoms with E-state index in [1.54, 1.807) is 7.05 Å². The number of unbranched alkanes of at least 4 members (excludes halogenated alkanes) is 1. The largest absolute Gasteiger partial charge is 0.312 e. The summed E-state index contributed by atoms with van der Waals surface area (Å²) in [6.45, 7) is 13.1. The summed E-state index contributed by atoms with van der Waals surface area (Å²) in [7, 11) is 1.81. The van der Waals surface area contributed by atoms with Crippen LogP contribution in [0.25, 0.3) is 0 Å². The summed E-state index contributed by atoms with van der Waals surface area (Å²) in [5, 5.41) is 4.18. The molecule has 6 heteroatoms. The maximum Gasteiger partial charge on any atom is 0.0584 e. The Kier molecular flexibility index (Phi) is 10.6. The van der Waals surface area contributed by atoms with Crippen LogP contribution >= 0.6 is 11.6 Å². The third-order valence-electron chi connectivity index (χ3n) is 6.70. The number of nitrogens with one attached hydrogen (secondary N) is 1. The fourth-order valence-corrected chi connectivity index (χ4v) is 4.67. The molecular formula is C30H40ClN5. The van der Waals surface area contributed by atoms with E-state index in [9.17, 15) is 0 Å². The molecule has 0 fully saturated rings. The summed E-state index contributed by atoms with van der Waals surface area (Å²) in [4.78, 5) is 16.1. The van der Waals surface area contributed by atoms with Crippen LogP contribution in [-0.4, -0.2) is 47.8 Å². The zero-order chi connectivity index (χ0) is 26.0. The number of hydrogen-bond donors (Lipinski definition) is 1. The zero-order valence-corrected chi connectivity index (χ0v) is 23.1. The molecule has 0 atom stereocenters. The minimum atomic E-state index is -0.192. The molecule has 0 aliphatic carbocycles. The first-order chi connectivity index (χ1) is 17.3. The van der Waals surface area contributed by atoms with Crippen LogP contribution in [0.4, 0.5) is 0 Å². The standard InChI is InChI=1S/C30H40ClN5/c1-23-19-24(2)28(35-20-23)21-36(18-7-6-14-33-17-16-32-5)22-29-27(9-8-15-34-29)30(3,4)25-10-12-26(31)13-11-25/h8-13,15-16,19-20,33H,6-7,14,17-18,21-22H2,1-5H3. The topological polar surface area (TPSA) is 53.4 Å². The second-order valence-electron chi connectivity index (χ2n) is 9.97.